The number of thioether (sulfide) groups is 1. The molecule has 30 heavy (non-hydrogen) atoms. The van der Waals surface area contributed by atoms with Crippen LogP contribution in [-0.2, 0) is 11.3 Å². The van der Waals surface area contributed by atoms with Gasteiger partial charge in [0.2, 0.25) is 0 Å². The molecule has 0 aliphatic carbocycles. The first-order valence-electron chi connectivity index (χ1n) is 9.61. The summed E-state index contributed by atoms with van der Waals surface area (Å²) >= 11 is 1.46. The minimum absolute atomic E-state index is 0.270. The van der Waals surface area contributed by atoms with Gasteiger partial charge in [0, 0.05) is 35.2 Å². The molecule has 4 rings (SSSR count). The Hall–Kier alpha value is -3.13. The van der Waals surface area contributed by atoms with Crippen molar-refractivity contribution in [2.45, 2.75) is 44.1 Å². The van der Waals surface area contributed by atoms with Crippen molar-refractivity contribution in [3.63, 3.8) is 0 Å². The summed E-state index contributed by atoms with van der Waals surface area (Å²) in [6, 6.07) is 11.3. The smallest absolute Gasteiger partial charge is 0.292 e. The van der Waals surface area contributed by atoms with Crippen LogP contribution in [0.15, 0.2) is 58.4 Å². The second kappa shape index (κ2) is 7.95. The second-order valence-corrected chi connectivity index (χ2v) is 8.88. The lowest BCUT2D eigenvalue weighted by atomic mass is 10.1. The minimum atomic E-state index is -0.304. The first kappa shape index (κ1) is 20.2. The number of fused-ring (bicyclic) bond motifs is 1. The van der Waals surface area contributed by atoms with Gasteiger partial charge in [-0.3, -0.25) is 4.79 Å². The number of rotatable bonds is 5. The van der Waals surface area contributed by atoms with Gasteiger partial charge in [-0.25, -0.2) is 14.6 Å². The van der Waals surface area contributed by atoms with Crippen molar-refractivity contribution in [3.05, 3.63) is 65.8 Å². The van der Waals surface area contributed by atoms with Gasteiger partial charge in [0.15, 0.2) is 10.9 Å². The van der Waals surface area contributed by atoms with Crippen molar-refractivity contribution in [3.8, 4) is 0 Å². The lowest BCUT2D eigenvalue weighted by Gasteiger charge is -2.22. The number of nitrogens with one attached hydrogen (secondary N) is 1. The molecule has 0 bridgehead atoms. The summed E-state index contributed by atoms with van der Waals surface area (Å²) in [5, 5.41) is 9.06. The van der Waals surface area contributed by atoms with Gasteiger partial charge in [-0.15, -0.1) is 0 Å². The maximum absolute atomic E-state index is 13.2. The summed E-state index contributed by atoms with van der Waals surface area (Å²) in [5.74, 6) is 1.14. The first-order chi connectivity index (χ1) is 14.3. The summed E-state index contributed by atoms with van der Waals surface area (Å²) in [6.07, 6.45) is 3.40. The molecule has 1 amide bonds. The van der Waals surface area contributed by atoms with Gasteiger partial charge >= 0.3 is 0 Å². The van der Waals surface area contributed by atoms with Crippen LogP contribution in [-0.4, -0.2) is 25.7 Å². The van der Waals surface area contributed by atoms with E-state index in [1.54, 1.807) is 18.5 Å². The lowest BCUT2D eigenvalue weighted by Crippen LogP contribution is -2.27. The maximum atomic E-state index is 13.2. The highest BCUT2D eigenvalue weighted by Gasteiger charge is 2.24. The van der Waals surface area contributed by atoms with Gasteiger partial charge in [-0.1, -0.05) is 30.0 Å². The number of nitrogens with zero attached hydrogens (tertiary/aromatic N) is 4. The van der Waals surface area contributed by atoms with E-state index in [9.17, 15) is 4.79 Å². The number of carbonyl (C=O) groups is 1. The fraction of sp³-hybridized carbons (Fsp3) is 0.273. The molecule has 0 spiro atoms. The van der Waals surface area contributed by atoms with E-state index in [2.05, 4.69) is 20.4 Å². The molecule has 1 N–H and O–H groups in total. The molecular formula is C22H23N5O2S. The normalized spacial score (nSPS) is 11.7. The number of amides is 1. The van der Waals surface area contributed by atoms with E-state index >= 15 is 0 Å². The summed E-state index contributed by atoms with van der Waals surface area (Å²) in [6.45, 7) is 8.02. The Kier molecular flexibility index (Phi) is 5.34. The highest BCUT2D eigenvalue weighted by molar-refractivity contribution is 7.98. The van der Waals surface area contributed by atoms with Gasteiger partial charge in [-0.2, -0.15) is 5.10 Å². The van der Waals surface area contributed by atoms with E-state index in [1.165, 1.54) is 11.8 Å². The van der Waals surface area contributed by atoms with Crippen LogP contribution in [0.25, 0.3) is 11.0 Å². The van der Waals surface area contributed by atoms with E-state index in [0.29, 0.717) is 28.1 Å². The van der Waals surface area contributed by atoms with Gasteiger partial charge in [0.1, 0.15) is 11.4 Å². The Morgan fingerprint density at radius 1 is 1.17 bits per heavy atom. The van der Waals surface area contributed by atoms with Gasteiger partial charge in [0.25, 0.3) is 5.91 Å². The van der Waals surface area contributed by atoms with E-state index < -0.39 is 0 Å². The van der Waals surface area contributed by atoms with Crippen molar-refractivity contribution in [2.24, 2.45) is 0 Å². The lowest BCUT2D eigenvalue weighted by molar-refractivity contribution is 0.0996. The highest BCUT2D eigenvalue weighted by atomic mass is 32.2. The van der Waals surface area contributed by atoms with Gasteiger partial charge in [-0.05, 0) is 39.8 Å². The van der Waals surface area contributed by atoms with Crippen molar-refractivity contribution in [1.29, 1.82) is 0 Å². The summed E-state index contributed by atoms with van der Waals surface area (Å²) in [5.41, 5.74) is 2.06. The van der Waals surface area contributed by atoms with E-state index in [4.69, 9.17) is 4.42 Å². The molecule has 0 aliphatic rings. The zero-order chi connectivity index (χ0) is 21.3. The number of furan rings is 1. The Labute approximate surface area is 178 Å². The molecule has 1 aromatic carbocycles. The fourth-order valence-corrected chi connectivity index (χ4v) is 4.03. The number of anilines is 1. The number of hydrogen-bond acceptors (Lipinski definition) is 6. The molecule has 0 radical (unpaired) electrons. The molecule has 154 valence electrons. The molecule has 0 fully saturated rings. The molecule has 0 aliphatic heterocycles. The second-order valence-electron chi connectivity index (χ2n) is 7.93. The van der Waals surface area contributed by atoms with E-state index in [0.717, 1.165) is 16.6 Å². The summed E-state index contributed by atoms with van der Waals surface area (Å²) < 4.78 is 7.77. The monoisotopic (exact) mass is 421 g/mol. The predicted molar refractivity (Wildman–Crippen MR) is 118 cm³/mol. The molecule has 4 aromatic rings. The van der Waals surface area contributed by atoms with Crippen molar-refractivity contribution in [1.82, 2.24) is 19.7 Å². The average molecular weight is 422 g/mol. The number of hydrogen-bond donors (Lipinski definition) is 1. The zero-order valence-corrected chi connectivity index (χ0v) is 18.2. The third-order valence-corrected chi connectivity index (χ3v) is 5.40. The molecule has 0 saturated carbocycles. The number of carbonyl (C=O) groups excluding carboxylic acids is 1. The van der Waals surface area contributed by atoms with Crippen LogP contribution in [0.2, 0.25) is 0 Å². The Morgan fingerprint density at radius 3 is 2.63 bits per heavy atom. The number of para-hydroxylation sites is 1. The van der Waals surface area contributed by atoms with Crippen LogP contribution < -0.4 is 5.32 Å². The standard InChI is InChI=1S/C22H23N5O2S/c1-14-12-18(27(26-14)22(2,3)4)25-20(28)19-16(13-30-21-23-10-7-11-24-21)15-8-5-6-9-17(15)29-19/h5-12H,13H2,1-4H3,(H,25,28). The Morgan fingerprint density at radius 2 is 1.90 bits per heavy atom. The number of benzene rings is 1. The molecule has 8 heteroatoms. The topological polar surface area (TPSA) is 85.8 Å². The first-order valence-corrected chi connectivity index (χ1v) is 10.6. The Balaban J connectivity index is 1.67. The molecule has 7 nitrogen and oxygen atoms in total. The van der Waals surface area contributed by atoms with Crippen LogP contribution in [0, 0.1) is 6.92 Å². The number of aromatic nitrogens is 4. The van der Waals surface area contributed by atoms with Crippen LogP contribution in [0.5, 0.6) is 0 Å². The van der Waals surface area contributed by atoms with Crippen molar-refractivity contribution in [2.75, 3.05) is 5.32 Å². The fourth-order valence-electron chi connectivity index (χ4n) is 3.20. The predicted octanol–water partition coefficient (Wildman–Crippen LogP) is 5.03. The van der Waals surface area contributed by atoms with Gasteiger partial charge in [0.05, 0.1) is 11.2 Å². The molecule has 0 unspecified atom stereocenters. The molecule has 0 atom stereocenters. The maximum Gasteiger partial charge on any atom is 0.292 e. The third kappa shape index (κ3) is 4.09. The van der Waals surface area contributed by atoms with Crippen molar-refractivity contribution < 1.29 is 9.21 Å². The quantitative estimate of drug-likeness (QED) is 0.359. The summed E-state index contributed by atoms with van der Waals surface area (Å²) in [4.78, 5) is 21.7. The largest absolute Gasteiger partial charge is 0.451 e. The van der Waals surface area contributed by atoms with Crippen LogP contribution in [0.1, 0.15) is 42.6 Å². The van der Waals surface area contributed by atoms with Crippen molar-refractivity contribution >= 4 is 34.5 Å². The molecule has 3 heterocycles. The van der Waals surface area contributed by atoms with Crippen LogP contribution in [0.3, 0.4) is 0 Å². The molecular weight excluding hydrogens is 398 g/mol. The number of aryl methyl sites for hydroxylation is 1. The molecule has 0 saturated heterocycles. The summed E-state index contributed by atoms with van der Waals surface area (Å²) in [7, 11) is 0. The minimum Gasteiger partial charge on any atom is -0.451 e. The van der Waals surface area contributed by atoms with E-state index in [-0.39, 0.29) is 11.4 Å². The average Bonchev–Trinajstić information content (AvgIpc) is 3.27. The van der Waals surface area contributed by atoms with Crippen LogP contribution in [0.4, 0.5) is 5.82 Å². The third-order valence-electron chi connectivity index (χ3n) is 4.50. The highest BCUT2D eigenvalue weighted by Crippen LogP contribution is 2.32. The zero-order valence-electron chi connectivity index (χ0n) is 17.3. The van der Waals surface area contributed by atoms with Gasteiger partial charge < -0.3 is 9.73 Å². The Bertz CT molecular complexity index is 1190. The van der Waals surface area contributed by atoms with E-state index in [1.807, 2.05) is 62.7 Å². The SMILES string of the molecule is Cc1cc(NC(=O)c2oc3ccccc3c2CSc2ncccn2)n(C(C)(C)C)n1. The molecule has 3 aromatic heterocycles. The van der Waals surface area contributed by atoms with Crippen LogP contribution >= 0.6 is 11.8 Å².